The second-order valence-electron chi connectivity index (χ2n) is 3.69. The van der Waals surface area contributed by atoms with Gasteiger partial charge in [-0.05, 0) is 12.1 Å². The monoisotopic (exact) mass is 227 g/mol. The molecule has 2 rings (SSSR count). The summed E-state index contributed by atoms with van der Waals surface area (Å²) in [5.74, 6) is 0.722. The number of likely N-dealkylation sites (tertiary alicyclic amines) is 1. The number of benzene rings is 1. The summed E-state index contributed by atoms with van der Waals surface area (Å²) >= 11 is 1.53. The fraction of sp³-hybridized carbons (Fsp3) is 0.455. The maximum absolute atomic E-state index is 13.2. The van der Waals surface area contributed by atoms with E-state index < -0.39 is 0 Å². The van der Waals surface area contributed by atoms with Gasteiger partial charge >= 0.3 is 0 Å². The Labute approximate surface area is 93.1 Å². The van der Waals surface area contributed by atoms with Crippen LogP contribution in [0.3, 0.4) is 0 Å². The highest BCUT2D eigenvalue weighted by Gasteiger charge is 2.23. The second kappa shape index (κ2) is 4.96. The van der Waals surface area contributed by atoms with Gasteiger partial charge in [-0.1, -0.05) is 12.1 Å². The van der Waals surface area contributed by atoms with Gasteiger partial charge in [-0.2, -0.15) is 0 Å². The Hall–Kier alpha value is -0.580. The van der Waals surface area contributed by atoms with E-state index in [9.17, 15) is 4.39 Å². The fourth-order valence-corrected chi connectivity index (χ4v) is 2.52. The summed E-state index contributed by atoms with van der Waals surface area (Å²) in [6, 6.07) is 6.82. The largest absolute Gasteiger partial charge is 0.390 e. The number of aliphatic hydroxyl groups is 1. The van der Waals surface area contributed by atoms with Crippen molar-refractivity contribution in [1.82, 2.24) is 4.90 Å². The maximum atomic E-state index is 13.2. The summed E-state index contributed by atoms with van der Waals surface area (Å²) in [5.41, 5.74) is 0. The molecule has 15 heavy (non-hydrogen) atoms. The molecule has 1 aliphatic heterocycles. The van der Waals surface area contributed by atoms with E-state index in [1.807, 2.05) is 6.07 Å². The summed E-state index contributed by atoms with van der Waals surface area (Å²) in [6.45, 7) is 2.44. The number of β-amino-alcohol motifs (C(OH)–C–C–N with tert-alkyl or cyclic N) is 1. The first-order valence-corrected chi connectivity index (χ1v) is 6.02. The molecule has 0 spiro atoms. The Morgan fingerprint density at radius 1 is 1.40 bits per heavy atom. The van der Waals surface area contributed by atoms with Crippen LogP contribution in [0.1, 0.15) is 0 Å². The maximum Gasteiger partial charge on any atom is 0.136 e. The van der Waals surface area contributed by atoms with Crippen LogP contribution in [0.15, 0.2) is 29.2 Å². The highest BCUT2D eigenvalue weighted by atomic mass is 32.2. The molecule has 0 aromatic heterocycles. The number of hydrogen-bond acceptors (Lipinski definition) is 3. The first-order chi connectivity index (χ1) is 7.25. The van der Waals surface area contributed by atoms with Crippen molar-refractivity contribution in [1.29, 1.82) is 0 Å². The average Bonchev–Trinajstić information content (AvgIpc) is 2.18. The van der Waals surface area contributed by atoms with Crippen molar-refractivity contribution in [3.05, 3.63) is 30.1 Å². The molecule has 1 aromatic rings. The van der Waals surface area contributed by atoms with Gasteiger partial charge in [0, 0.05) is 30.3 Å². The predicted octanol–water partition coefficient (Wildman–Crippen LogP) is 1.59. The van der Waals surface area contributed by atoms with Gasteiger partial charge in [-0.25, -0.2) is 4.39 Å². The number of nitrogens with zero attached hydrogens (tertiary/aromatic N) is 1. The smallest absolute Gasteiger partial charge is 0.136 e. The minimum Gasteiger partial charge on any atom is -0.390 e. The number of halogens is 1. The van der Waals surface area contributed by atoms with Crippen LogP contribution in [-0.2, 0) is 0 Å². The highest BCUT2D eigenvalue weighted by molar-refractivity contribution is 7.99. The summed E-state index contributed by atoms with van der Waals surface area (Å²) in [5, 5.41) is 9.07. The number of hydrogen-bond donors (Lipinski definition) is 1. The lowest BCUT2D eigenvalue weighted by molar-refractivity contribution is 0.00647. The molecular formula is C11H14FNOS. The molecule has 0 amide bonds. The standard InChI is InChI=1S/C11H14FNOS/c12-10-3-1-2-4-11(10)15-6-5-13-7-9(14)8-13/h1-4,9,14H,5-8H2. The minimum absolute atomic E-state index is 0.147. The van der Waals surface area contributed by atoms with Crippen molar-refractivity contribution in [2.75, 3.05) is 25.4 Å². The van der Waals surface area contributed by atoms with Crippen LogP contribution < -0.4 is 0 Å². The second-order valence-corrected chi connectivity index (χ2v) is 4.83. The van der Waals surface area contributed by atoms with Crippen LogP contribution in [0.4, 0.5) is 4.39 Å². The Kier molecular flexibility index (Phi) is 3.61. The normalized spacial score (nSPS) is 17.7. The Bertz CT molecular complexity index is 328. The molecule has 1 saturated heterocycles. The van der Waals surface area contributed by atoms with Gasteiger partial charge in [-0.3, -0.25) is 4.90 Å². The molecular weight excluding hydrogens is 213 g/mol. The van der Waals surface area contributed by atoms with Crippen molar-refractivity contribution in [2.24, 2.45) is 0 Å². The molecule has 0 radical (unpaired) electrons. The van der Waals surface area contributed by atoms with Crippen molar-refractivity contribution < 1.29 is 9.50 Å². The highest BCUT2D eigenvalue weighted by Crippen LogP contribution is 2.21. The lowest BCUT2D eigenvalue weighted by atomic mass is 10.2. The molecule has 0 saturated carbocycles. The van der Waals surface area contributed by atoms with E-state index in [1.165, 1.54) is 17.8 Å². The van der Waals surface area contributed by atoms with Gasteiger partial charge in [0.15, 0.2) is 0 Å². The zero-order valence-electron chi connectivity index (χ0n) is 8.40. The summed E-state index contributed by atoms with van der Waals surface area (Å²) in [7, 11) is 0. The van der Waals surface area contributed by atoms with Crippen LogP contribution in [-0.4, -0.2) is 41.5 Å². The molecule has 0 aliphatic carbocycles. The SMILES string of the molecule is OC1CN(CCSc2ccccc2F)C1. The topological polar surface area (TPSA) is 23.5 Å². The number of aliphatic hydroxyl groups excluding tert-OH is 1. The van der Waals surface area contributed by atoms with E-state index in [-0.39, 0.29) is 11.9 Å². The van der Waals surface area contributed by atoms with E-state index in [0.29, 0.717) is 4.90 Å². The third-order valence-electron chi connectivity index (χ3n) is 2.44. The molecule has 1 fully saturated rings. The fourth-order valence-electron chi connectivity index (χ4n) is 1.57. The number of rotatable bonds is 4. The molecule has 0 bridgehead atoms. The molecule has 1 N–H and O–H groups in total. The molecule has 0 unspecified atom stereocenters. The molecule has 1 aliphatic rings. The molecule has 4 heteroatoms. The van der Waals surface area contributed by atoms with Crippen molar-refractivity contribution >= 4 is 11.8 Å². The van der Waals surface area contributed by atoms with E-state index in [2.05, 4.69) is 4.90 Å². The van der Waals surface area contributed by atoms with E-state index in [0.717, 1.165) is 25.4 Å². The van der Waals surface area contributed by atoms with E-state index in [1.54, 1.807) is 12.1 Å². The van der Waals surface area contributed by atoms with Crippen molar-refractivity contribution in [3.63, 3.8) is 0 Å². The number of thioether (sulfide) groups is 1. The van der Waals surface area contributed by atoms with Crippen LogP contribution in [0, 0.1) is 5.82 Å². The van der Waals surface area contributed by atoms with Crippen molar-refractivity contribution in [3.8, 4) is 0 Å². The van der Waals surface area contributed by atoms with Gasteiger partial charge < -0.3 is 5.11 Å². The Morgan fingerprint density at radius 2 is 2.13 bits per heavy atom. The first kappa shape index (κ1) is 10.9. The lowest BCUT2D eigenvalue weighted by Crippen LogP contribution is -2.51. The zero-order chi connectivity index (χ0) is 10.7. The molecule has 1 aromatic carbocycles. The zero-order valence-corrected chi connectivity index (χ0v) is 9.21. The van der Waals surface area contributed by atoms with Crippen LogP contribution in [0.25, 0.3) is 0 Å². The lowest BCUT2D eigenvalue weighted by Gasteiger charge is -2.35. The van der Waals surface area contributed by atoms with E-state index in [4.69, 9.17) is 5.11 Å². The van der Waals surface area contributed by atoms with Crippen LogP contribution in [0.5, 0.6) is 0 Å². The summed E-state index contributed by atoms with van der Waals surface area (Å²) in [4.78, 5) is 2.87. The average molecular weight is 227 g/mol. The molecule has 2 nitrogen and oxygen atoms in total. The van der Waals surface area contributed by atoms with Crippen LogP contribution >= 0.6 is 11.8 Å². The van der Waals surface area contributed by atoms with Gasteiger partial charge in [-0.15, -0.1) is 11.8 Å². The van der Waals surface area contributed by atoms with Gasteiger partial charge in [0.05, 0.1) is 6.10 Å². The van der Waals surface area contributed by atoms with Crippen LogP contribution in [0.2, 0.25) is 0 Å². The summed E-state index contributed by atoms with van der Waals surface area (Å²) < 4.78 is 13.2. The van der Waals surface area contributed by atoms with E-state index >= 15 is 0 Å². The molecule has 82 valence electrons. The summed E-state index contributed by atoms with van der Waals surface area (Å²) in [6.07, 6.45) is -0.150. The molecule has 0 atom stereocenters. The quantitative estimate of drug-likeness (QED) is 0.790. The van der Waals surface area contributed by atoms with Gasteiger partial charge in [0.1, 0.15) is 5.82 Å². The first-order valence-electron chi connectivity index (χ1n) is 5.03. The predicted molar refractivity (Wildman–Crippen MR) is 59.6 cm³/mol. The van der Waals surface area contributed by atoms with Gasteiger partial charge in [0.2, 0.25) is 0 Å². The third-order valence-corrected chi connectivity index (χ3v) is 3.47. The Balaban J connectivity index is 1.72. The van der Waals surface area contributed by atoms with Gasteiger partial charge in [0.25, 0.3) is 0 Å². The molecule has 1 heterocycles. The Morgan fingerprint density at radius 3 is 2.80 bits per heavy atom. The minimum atomic E-state index is -0.150. The third kappa shape index (κ3) is 2.93. The van der Waals surface area contributed by atoms with Crippen molar-refractivity contribution in [2.45, 2.75) is 11.0 Å².